The van der Waals surface area contributed by atoms with E-state index in [-0.39, 0.29) is 38.6 Å². The predicted octanol–water partition coefficient (Wildman–Crippen LogP) is 4.03. The highest BCUT2D eigenvalue weighted by molar-refractivity contribution is 7.16. The lowest BCUT2D eigenvalue weighted by molar-refractivity contribution is -0.136. The van der Waals surface area contributed by atoms with E-state index in [0.717, 1.165) is 16.9 Å². The van der Waals surface area contributed by atoms with Crippen LogP contribution in [0, 0.1) is 0 Å². The van der Waals surface area contributed by atoms with Gasteiger partial charge in [0.25, 0.3) is 11.8 Å². The number of benzene rings is 2. The van der Waals surface area contributed by atoms with Crippen LogP contribution in [-0.2, 0) is 16.1 Å². The third kappa shape index (κ3) is 6.55. The molecule has 0 radical (unpaired) electrons. The lowest BCUT2D eigenvalue weighted by atomic mass is 10.1. The van der Waals surface area contributed by atoms with Crippen LogP contribution in [0.3, 0.4) is 0 Å². The van der Waals surface area contributed by atoms with E-state index in [2.05, 4.69) is 15.6 Å². The lowest BCUT2D eigenvalue weighted by Gasteiger charge is -2.10. The number of hydrogen-bond acceptors (Lipinski definition) is 7. The molecule has 0 atom stereocenters. The van der Waals surface area contributed by atoms with Crippen molar-refractivity contribution in [3.05, 3.63) is 85.4 Å². The highest BCUT2D eigenvalue weighted by Crippen LogP contribution is 2.22. The minimum Gasteiger partial charge on any atom is -0.508 e. The number of amides is 2. The van der Waals surface area contributed by atoms with Crippen LogP contribution in [0.1, 0.15) is 31.2 Å². The van der Waals surface area contributed by atoms with Crippen molar-refractivity contribution in [2.45, 2.75) is 6.54 Å². The molecule has 0 unspecified atom stereocenters. The Labute approximate surface area is 202 Å². The van der Waals surface area contributed by atoms with Gasteiger partial charge in [-0.25, -0.2) is 9.78 Å². The van der Waals surface area contributed by atoms with Crippen molar-refractivity contribution >= 4 is 58.4 Å². The third-order valence-corrected chi connectivity index (χ3v) is 5.65. The Hall–Kier alpha value is -3.40. The maximum Gasteiger partial charge on any atom is 0.354 e. The standard InChI is InChI=1S/C22H17Cl2N3O5S/c1-32-21(31)18(9-15-11-26-22(24)33-15)27-20(30)16-6-5-13(8-17(16)23)19(29)25-10-12-3-2-4-14(28)7-12/h2-9,11,28H,10H2,1H3,(H,25,29)(H,27,30)/b18-9-. The molecule has 0 aliphatic heterocycles. The van der Waals surface area contributed by atoms with Gasteiger partial charge in [0.1, 0.15) is 11.4 Å². The summed E-state index contributed by atoms with van der Waals surface area (Å²) in [5.41, 5.74) is 0.875. The smallest absolute Gasteiger partial charge is 0.354 e. The maximum absolute atomic E-state index is 12.7. The molecule has 1 aromatic heterocycles. The normalized spacial score (nSPS) is 11.1. The van der Waals surface area contributed by atoms with Crippen LogP contribution >= 0.6 is 34.5 Å². The van der Waals surface area contributed by atoms with E-state index in [1.165, 1.54) is 49.7 Å². The number of phenolic OH excluding ortho intramolecular Hbond substituents is 1. The number of halogens is 2. The van der Waals surface area contributed by atoms with Crippen LogP contribution in [0.25, 0.3) is 6.08 Å². The molecule has 0 saturated carbocycles. The number of carbonyl (C=O) groups excluding carboxylic acids is 3. The number of phenols is 1. The molecule has 1 heterocycles. The van der Waals surface area contributed by atoms with Crippen molar-refractivity contribution in [1.29, 1.82) is 0 Å². The number of ether oxygens (including phenoxy) is 1. The average molecular weight is 506 g/mol. The van der Waals surface area contributed by atoms with Crippen molar-refractivity contribution in [3.63, 3.8) is 0 Å². The summed E-state index contributed by atoms with van der Waals surface area (Å²) >= 11 is 13.1. The Bertz CT molecular complexity index is 1240. The molecule has 0 fully saturated rings. The van der Waals surface area contributed by atoms with E-state index in [1.807, 2.05) is 0 Å². The highest BCUT2D eigenvalue weighted by Gasteiger charge is 2.19. The zero-order valence-corrected chi connectivity index (χ0v) is 19.4. The first-order chi connectivity index (χ1) is 15.8. The topological polar surface area (TPSA) is 118 Å². The summed E-state index contributed by atoms with van der Waals surface area (Å²) in [5.74, 6) is -1.76. The second-order valence-corrected chi connectivity index (χ2v) is 8.62. The molecular weight excluding hydrogens is 489 g/mol. The average Bonchev–Trinajstić information content (AvgIpc) is 3.20. The Morgan fingerprint density at radius 3 is 2.58 bits per heavy atom. The molecule has 3 aromatic rings. The molecule has 0 aliphatic carbocycles. The van der Waals surface area contributed by atoms with Crippen molar-refractivity contribution in [2.24, 2.45) is 0 Å². The third-order valence-electron chi connectivity index (χ3n) is 4.27. The van der Waals surface area contributed by atoms with Crippen LogP contribution in [0.4, 0.5) is 0 Å². The van der Waals surface area contributed by atoms with Crippen LogP contribution in [0.2, 0.25) is 9.49 Å². The minimum atomic E-state index is -0.771. The Morgan fingerprint density at radius 1 is 1.15 bits per heavy atom. The number of nitrogens with zero attached hydrogens (tertiary/aromatic N) is 1. The summed E-state index contributed by atoms with van der Waals surface area (Å²) < 4.78 is 4.98. The Kier molecular flexibility index (Phi) is 8.05. The van der Waals surface area contributed by atoms with Crippen LogP contribution in [0.15, 0.2) is 54.4 Å². The highest BCUT2D eigenvalue weighted by atomic mass is 35.5. The summed E-state index contributed by atoms with van der Waals surface area (Å²) in [6.45, 7) is 0.196. The number of rotatable bonds is 7. The van der Waals surface area contributed by atoms with Crippen molar-refractivity contribution in [3.8, 4) is 5.75 Å². The van der Waals surface area contributed by atoms with E-state index in [9.17, 15) is 19.5 Å². The SMILES string of the molecule is COC(=O)/C(=C/c1cnc(Cl)s1)NC(=O)c1ccc(C(=O)NCc2cccc(O)c2)cc1Cl. The number of aromatic nitrogens is 1. The molecule has 8 nitrogen and oxygen atoms in total. The van der Waals surface area contributed by atoms with Crippen molar-refractivity contribution in [2.75, 3.05) is 7.11 Å². The molecule has 3 N–H and O–H groups in total. The summed E-state index contributed by atoms with van der Waals surface area (Å²) in [5, 5.41) is 14.7. The van der Waals surface area contributed by atoms with E-state index in [0.29, 0.717) is 4.88 Å². The molecule has 2 aromatic carbocycles. The first kappa shape index (κ1) is 24.2. The van der Waals surface area contributed by atoms with Gasteiger partial charge in [-0.1, -0.05) is 35.3 Å². The van der Waals surface area contributed by atoms with Crippen molar-refractivity contribution in [1.82, 2.24) is 15.6 Å². The van der Waals surface area contributed by atoms with Gasteiger partial charge in [0, 0.05) is 18.3 Å². The lowest BCUT2D eigenvalue weighted by Crippen LogP contribution is -2.28. The van der Waals surface area contributed by atoms with Crippen LogP contribution < -0.4 is 10.6 Å². The quantitative estimate of drug-likeness (QED) is 0.329. The van der Waals surface area contributed by atoms with Gasteiger partial charge in [-0.15, -0.1) is 11.3 Å². The fourth-order valence-corrected chi connectivity index (χ4v) is 3.87. The first-order valence-electron chi connectivity index (χ1n) is 9.35. The molecule has 0 spiro atoms. The first-order valence-corrected chi connectivity index (χ1v) is 10.9. The fourth-order valence-electron chi connectivity index (χ4n) is 2.71. The molecular formula is C22H17Cl2N3O5S. The maximum atomic E-state index is 12.7. The predicted molar refractivity (Wildman–Crippen MR) is 125 cm³/mol. The zero-order chi connectivity index (χ0) is 24.0. The van der Waals surface area contributed by atoms with Gasteiger partial charge in [0.15, 0.2) is 4.47 Å². The van der Waals surface area contributed by atoms with E-state index >= 15 is 0 Å². The van der Waals surface area contributed by atoms with Gasteiger partial charge in [0.2, 0.25) is 0 Å². The number of methoxy groups -OCH3 is 1. The summed E-state index contributed by atoms with van der Waals surface area (Å²) in [4.78, 5) is 41.6. The van der Waals surface area contributed by atoms with Crippen molar-refractivity contribution < 1.29 is 24.2 Å². The molecule has 0 bridgehead atoms. The number of thiazole rings is 1. The van der Waals surface area contributed by atoms with E-state index in [4.69, 9.17) is 27.9 Å². The van der Waals surface area contributed by atoms with E-state index in [1.54, 1.807) is 12.1 Å². The molecule has 3 rings (SSSR count). The zero-order valence-electron chi connectivity index (χ0n) is 17.1. The Morgan fingerprint density at radius 2 is 1.94 bits per heavy atom. The number of aromatic hydroxyl groups is 1. The summed E-state index contributed by atoms with van der Waals surface area (Å²) in [7, 11) is 1.18. The molecule has 2 amide bonds. The second kappa shape index (κ2) is 11.0. The summed E-state index contributed by atoms with van der Waals surface area (Å²) in [6.07, 6.45) is 2.82. The fraction of sp³-hybridized carbons (Fsp3) is 0.0909. The molecule has 0 saturated heterocycles. The number of esters is 1. The van der Waals surface area contributed by atoms with Gasteiger partial charge < -0.3 is 20.5 Å². The monoisotopic (exact) mass is 505 g/mol. The summed E-state index contributed by atoms with van der Waals surface area (Å²) in [6, 6.07) is 10.6. The van der Waals surface area contributed by atoms with E-state index < -0.39 is 17.8 Å². The molecule has 33 heavy (non-hydrogen) atoms. The van der Waals surface area contributed by atoms with Gasteiger partial charge in [-0.3, -0.25) is 9.59 Å². The Balaban J connectivity index is 1.72. The largest absolute Gasteiger partial charge is 0.508 e. The van der Waals surface area contributed by atoms with Gasteiger partial charge in [-0.05, 0) is 42.0 Å². The van der Waals surface area contributed by atoms with Gasteiger partial charge in [-0.2, -0.15) is 0 Å². The molecule has 11 heteroatoms. The number of carbonyl (C=O) groups is 3. The minimum absolute atomic E-state index is 0.0163. The van der Waals surface area contributed by atoms with Crippen LogP contribution in [0.5, 0.6) is 5.75 Å². The van der Waals surface area contributed by atoms with Crippen LogP contribution in [-0.4, -0.2) is 35.0 Å². The number of hydrogen-bond donors (Lipinski definition) is 3. The second-order valence-electron chi connectivity index (χ2n) is 6.57. The van der Waals surface area contributed by atoms with Gasteiger partial charge >= 0.3 is 5.97 Å². The van der Waals surface area contributed by atoms with Gasteiger partial charge in [0.05, 0.1) is 22.6 Å². The molecule has 170 valence electrons. The number of nitrogens with one attached hydrogen (secondary N) is 2. The molecule has 0 aliphatic rings.